The van der Waals surface area contributed by atoms with Gasteiger partial charge < -0.3 is 4.74 Å². The topological polar surface area (TPSA) is 35.0 Å². The minimum Gasteiger partial charge on any atom is -0.439 e. The van der Waals surface area contributed by atoms with Gasteiger partial charge >= 0.3 is 0 Å². The maximum absolute atomic E-state index is 7.70. The van der Waals surface area contributed by atoms with Crippen molar-refractivity contribution in [3.63, 3.8) is 0 Å². The number of rotatable bonds is 4. The molecule has 3 nitrogen and oxygen atoms in total. The summed E-state index contributed by atoms with van der Waals surface area (Å²) < 4.78 is 13.6. The van der Waals surface area contributed by atoms with Crippen LogP contribution in [0.5, 0.6) is 11.6 Å². The van der Waals surface area contributed by atoms with Gasteiger partial charge in [0.25, 0.3) is 0 Å². The summed E-state index contributed by atoms with van der Waals surface area (Å²) in [5.74, 6) is 1.11. The van der Waals surface area contributed by atoms with Gasteiger partial charge in [-0.25, -0.2) is 4.98 Å². The maximum Gasteiger partial charge on any atom is 0.219 e. The van der Waals surface area contributed by atoms with E-state index in [2.05, 4.69) is 65.6 Å². The second-order valence-electron chi connectivity index (χ2n) is 7.51. The van der Waals surface area contributed by atoms with Crippen LogP contribution in [0.15, 0.2) is 115 Å². The van der Waals surface area contributed by atoms with Gasteiger partial charge in [-0.2, -0.15) is 0 Å². The number of fused-ring (bicyclic) bond motifs is 3. The molecule has 32 heavy (non-hydrogen) atoms. The summed E-state index contributed by atoms with van der Waals surface area (Å²) in [6.07, 6.45) is 2.06. The Morgan fingerprint density at radius 2 is 1.50 bits per heavy atom. The van der Waals surface area contributed by atoms with Gasteiger partial charge in [-0.15, -0.1) is 0 Å². The van der Waals surface area contributed by atoms with E-state index in [0.29, 0.717) is 11.6 Å². The molecule has 1 atom stereocenters. The molecule has 0 radical (unpaired) electrons. The molecule has 0 fully saturated rings. The normalized spacial score (nSPS) is 12.1. The summed E-state index contributed by atoms with van der Waals surface area (Å²) in [5, 5.41) is 5.28. The number of nitrogens with zero attached hydrogens (tertiary/aromatic N) is 2. The number of hydrogen-bond donors (Lipinski definition) is 0. The van der Waals surface area contributed by atoms with Crippen LogP contribution in [0.1, 0.15) is 1.37 Å². The van der Waals surface area contributed by atoms with Crippen LogP contribution in [0.25, 0.3) is 37.6 Å². The second-order valence-corrected chi connectivity index (χ2v) is 9.60. The minimum absolute atomic E-state index is 0.185. The van der Waals surface area contributed by atoms with Gasteiger partial charge in [-0.1, -0.05) is 62.1 Å². The summed E-state index contributed by atoms with van der Waals surface area (Å²) >= 11 is 0. The molecule has 0 saturated heterocycles. The van der Waals surface area contributed by atoms with E-state index in [1.165, 1.54) is 21.0 Å². The van der Waals surface area contributed by atoms with Gasteiger partial charge in [-0.05, 0) is 64.4 Å². The molecule has 1 unspecified atom stereocenters. The third-order valence-corrected chi connectivity index (χ3v) is 7.97. The third-order valence-electron chi connectivity index (χ3n) is 5.53. The Kier molecular flexibility index (Phi) is 4.40. The van der Waals surface area contributed by atoms with Crippen LogP contribution in [0.2, 0.25) is 0 Å². The van der Waals surface area contributed by atoms with Crippen molar-refractivity contribution in [3.05, 3.63) is 115 Å². The lowest BCUT2D eigenvalue weighted by Crippen LogP contribution is -1.87. The summed E-state index contributed by atoms with van der Waals surface area (Å²) in [6, 6.07) is 34.7. The number of pyridine rings is 2. The zero-order valence-corrected chi connectivity index (χ0v) is 18.0. The van der Waals surface area contributed by atoms with E-state index in [0.717, 1.165) is 16.6 Å². The van der Waals surface area contributed by atoms with Gasteiger partial charge in [-0.3, -0.25) is 4.98 Å². The number of benzene rings is 3. The van der Waals surface area contributed by atoms with Crippen molar-refractivity contribution >= 4 is 28.5 Å². The summed E-state index contributed by atoms with van der Waals surface area (Å²) in [7, 11) is -0.703. The average molecular weight is 431 g/mol. The molecule has 4 heteroatoms. The SMILES string of the molecule is [2H]c1cccc(Oc2cccc(-c3ccc4c5ccccc5p(-c5ccccn5)c4c3)c2)n1. The average Bonchev–Trinajstić information content (AvgIpc) is 3.18. The number of ether oxygens (including phenoxy) is 1. The number of aromatic nitrogens is 2. The van der Waals surface area contributed by atoms with Gasteiger partial charge in [0, 0.05) is 28.7 Å². The smallest absolute Gasteiger partial charge is 0.219 e. The largest absolute Gasteiger partial charge is 0.439 e. The highest BCUT2D eigenvalue weighted by Crippen LogP contribution is 2.54. The van der Waals surface area contributed by atoms with Crippen molar-refractivity contribution in [1.82, 2.24) is 9.97 Å². The Labute approximate surface area is 188 Å². The molecular formula is C28H19N2OP. The van der Waals surface area contributed by atoms with Crippen molar-refractivity contribution in [2.24, 2.45) is 0 Å². The van der Waals surface area contributed by atoms with Crippen molar-refractivity contribution in [2.75, 3.05) is 0 Å². The van der Waals surface area contributed by atoms with E-state index in [-0.39, 0.29) is 6.17 Å². The van der Waals surface area contributed by atoms with E-state index >= 15 is 0 Å². The Bertz CT molecular complexity index is 1610. The molecule has 0 saturated carbocycles. The molecule has 152 valence electrons. The quantitative estimate of drug-likeness (QED) is 0.282. The highest BCUT2D eigenvalue weighted by molar-refractivity contribution is 7.67. The lowest BCUT2D eigenvalue weighted by Gasteiger charge is -2.08. The number of hydrogen-bond acceptors (Lipinski definition) is 3. The zero-order valence-electron chi connectivity index (χ0n) is 18.1. The van der Waals surface area contributed by atoms with Crippen LogP contribution in [0.4, 0.5) is 0 Å². The summed E-state index contributed by atoms with van der Waals surface area (Å²) in [6.45, 7) is 0. The van der Waals surface area contributed by atoms with Gasteiger partial charge in [0.2, 0.25) is 5.88 Å². The van der Waals surface area contributed by atoms with Crippen LogP contribution < -0.4 is 4.74 Å². The molecule has 0 spiro atoms. The van der Waals surface area contributed by atoms with E-state index in [1.807, 2.05) is 30.5 Å². The Hall–Kier alpha value is -3.94. The molecule has 0 N–H and O–H groups in total. The molecule has 0 aliphatic heterocycles. The third kappa shape index (κ3) is 3.33. The van der Waals surface area contributed by atoms with Crippen LogP contribution in [-0.2, 0) is 0 Å². The van der Waals surface area contributed by atoms with Crippen LogP contribution in [0.3, 0.4) is 0 Å². The fraction of sp³-hybridized carbons (Fsp3) is 0. The highest BCUT2D eigenvalue weighted by atomic mass is 31.1. The molecule has 3 aromatic carbocycles. The highest BCUT2D eigenvalue weighted by Gasteiger charge is 2.15. The zero-order chi connectivity index (χ0) is 22.2. The van der Waals surface area contributed by atoms with Crippen molar-refractivity contribution in [1.29, 1.82) is 0 Å². The molecule has 0 aliphatic carbocycles. The van der Waals surface area contributed by atoms with E-state index < -0.39 is 7.53 Å². The van der Waals surface area contributed by atoms with E-state index in [9.17, 15) is 0 Å². The van der Waals surface area contributed by atoms with Crippen LogP contribution in [-0.4, -0.2) is 9.97 Å². The molecule has 3 heterocycles. The summed E-state index contributed by atoms with van der Waals surface area (Å²) in [5.41, 5.74) is 3.33. The fourth-order valence-corrected chi connectivity index (χ4v) is 6.66. The molecule has 0 aliphatic rings. The molecule has 0 bridgehead atoms. The first kappa shape index (κ1) is 17.7. The molecular weight excluding hydrogens is 411 g/mol. The van der Waals surface area contributed by atoms with Crippen molar-refractivity contribution in [2.45, 2.75) is 0 Å². The van der Waals surface area contributed by atoms with Crippen molar-refractivity contribution < 1.29 is 6.11 Å². The Morgan fingerprint density at radius 1 is 0.656 bits per heavy atom. The van der Waals surface area contributed by atoms with Gasteiger partial charge in [0.05, 0.1) is 6.81 Å². The standard InChI is InChI=1S/C28H19N2OP/c1-2-11-25-23(10-1)24-15-14-21(19-26(24)32(25)28-13-4-6-17-30-28)20-8-7-9-22(18-20)31-27-12-3-5-16-29-27/h1-19H/i16D. The molecule has 0 amide bonds. The first-order valence-corrected chi connectivity index (χ1v) is 11.8. The lowest BCUT2D eigenvalue weighted by atomic mass is 10.0. The Morgan fingerprint density at radius 3 is 2.41 bits per heavy atom. The molecule has 3 aromatic heterocycles. The second kappa shape index (κ2) is 7.96. The lowest BCUT2D eigenvalue weighted by molar-refractivity contribution is 0.463. The van der Waals surface area contributed by atoms with Gasteiger partial charge in [0.15, 0.2) is 0 Å². The maximum atomic E-state index is 7.70. The molecule has 6 aromatic rings. The van der Waals surface area contributed by atoms with Crippen molar-refractivity contribution in [3.8, 4) is 28.2 Å². The van der Waals surface area contributed by atoms with E-state index in [4.69, 9.17) is 11.1 Å². The van der Waals surface area contributed by atoms with Crippen LogP contribution >= 0.6 is 7.53 Å². The minimum atomic E-state index is -0.703. The predicted molar refractivity (Wildman–Crippen MR) is 133 cm³/mol. The molecule has 6 rings (SSSR count). The van der Waals surface area contributed by atoms with E-state index in [1.54, 1.807) is 18.2 Å². The first-order chi connectivity index (χ1) is 16.3. The fourth-order valence-electron chi connectivity index (χ4n) is 4.11. The predicted octanol–water partition coefficient (Wildman–Crippen LogP) is 8.22. The monoisotopic (exact) mass is 431 g/mol. The summed E-state index contributed by atoms with van der Waals surface area (Å²) in [4.78, 5) is 8.84. The first-order valence-electron chi connectivity index (χ1n) is 10.9. The van der Waals surface area contributed by atoms with Gasteiger partial charge in [0.1, 0.15) is 5.75 Å². The van der Waals surface area contributed by atoms with Crippen LogP contribution in [0, 0.1) is 0 Å². The Balaban J connectivity index is 1.49.